The summed E-state index contributed by atoms with van der Waals surface area (Å²) in [5, 5.41) is 5.65. The summed E-state index contributed by atoms with van der Waals surface area (Å²) >= 11 is 1.75. The molecule has 2 aliphatic rings. The largest absolute Gasteiger partial charge is 0.469 e. The zero-order chi connectivity index (χ0) is 20.4. The van der Waals surface area contributed by atoms with Crippen LogP contribution in [0.1, 0.15) is 42.7 Å². The molecule has 30 heavy (non-hydrogen) atoms. The van der Waals surface area contributed by atoms with E-state index in [0.29, 0.717) is 12.2 Å². The third-order valence-corrected chi connectivity index (χ3v) is 6.59. The molecule has 1 atom stereocenters. The molecule has 2 saturated heterocycles. The topological polar surface area (TPSA) is 59.2 Å². The molecule has 0 radical (unpaired) electrons. The summed E-state index contributed by atoms with van der Waals surface area (Å²) < 4.78 is 17.4. The van der Waals surface area contributed by atoms with Gasteiger partial charge in [0.05, 0.1) is 31.6 Å². The second-order valence-electron chi connectivity index (χ2n) is 7.98. The summed E-state index contributed by atoms with van der Waals surface area (Å²) in [6, 6.07) is 8.17. The second kappa shape index (κ2) is 11.5. The first-order valence-electron chi connectivity index (χ1n) is 11.2. The van der Waals surface area contributed by atoms with Gasteiger partial charge >= 0.3 is 0 Å². The molecule has 2 aliphatic heterocycles. The van der Waals surface area contributed by atoms with Crippen LogP contribution < -0.4 is 5.32 Å². The first-order valence-corrected chi connectivity index (χ1v) is 12.1. The quantitative estimate of drug-likeness (QED) is 0.504. The van der Waals surface area contributed by atoms with Crippen molar-refractivity contribution >= 4 is 17.3 Å². The maximum absolute atomic E-state index is 6.18. The Hall–Kier alpha value is -1.83. The number of hydrogen-bond donors (Lipinski definition) is 1. The fourth-order valence-electron chi connectivity index (χ4n) is 3.99. The Morgan fingerprint density at radius 3 is 2.87 bits per heavy atom. The van der Waals surface area contributed by atoms with E-state index < -0.39 is 0 Å². The normalized spacial score (nSPS) is 21.1. The Labute approximate surface area is 183 Å². The van der Waals surface area contributed by atoms with Gasteiger partial charge in [-0.15, -0.1) is 11.3 Å². The third-order valence-electron chi connectivity index (χ3n) is 5.73. The minimum atomic E-state index is 0.294. The number of thiophene rings is 1. The van der Waals surface area contributed by atoms with E-state index in [1.165, 1.54) is 17.7 Å². The molecule has 164 valence electrons. The molecule has 2 aromatic rings. The molecule has 2 aromatic heterocycles. The summed E-state index contributed by atoms with van der Waals surface area (Å²) in [5.74, 6) is 1.99. The number of ether oxygens (including phenoxy) is 2. The van der Waals surface area contributed by atoms with Crippen molar-refractivity contribution in [3.05, 3.63) is 46.5 Å². The Kier molecular flexibility index (Phi) is 8.23. The van der Waals surface area contributed by atoms with Gasteiger partial charge in [0.2, 0.25) is 0 Å². The number of rotatable bonds is 8. The lowest BCUT2D eigenvalue weighted by atomic mass is 10.1. The maximum Gasteiger partial charge on any atom is 0.194 e. The highest BCUT2D eigenvalue weighted by Crippen LogP contribution is 2.18. The summed E-state index contributed by atoms with van der Waals surface area (Å²) in [4.78, 5) is 8.55. The van der Waals surface area contributed by atoms with Gasteiger partial charge in [0.15, 0.2) is 5.96 Å². The molecular formula is C23H33N3O3S. The molecular weight excluding hydrogens is 398 g/mol. The molecule has 1 unspecified atom stereocenters. The number of nitrogens with zero attached hydrogens (tertiary/aromatic N) is 2. The van der Waals surface area contributed by atoms with Crippen molar-refractivity contribution < 1.29 is 13.9 Å². The fraction of sp³-hybridized carbons (Fsp3) is 0.609. The maximum atomic E-state index is 6.18. The number of guanidine groups is 1. The smallest absolute Gasteiger partial charge is 0.194 e. The van der Waals surface area contributed by atoms with E-state index in [0.717, 1.165) is 76.8 Å². The molecule has 0 aliphatic carbocycles. The van der Waals surface area contributed by atoms with Crippen molar-refractivity contribution in [3.8, 4) is 0 Å². The zero-order valence-corrected chi connectivity index (χ0v) is 18.4. The van der Waals surface area contributed by atoms with Crippen molar-refractivity contribution in [2.45, 2.75) is 57.3 Å². The highest BCUT2D eigenvalue weighted by molar-refractivity contribution is 7.09. The van der Waals surface area contributed by atoms with Gasteiger partial charge < -0.3 is 24.1 Å². The van der Waals surface area contributed by atoms with E-state index in [-0.39, 0.29) is 0 Å². The van der Waals surface area contributed by atoms with Gasteiger partial charge in [0.25, 0.3) is 0 Å². The van der Waals surface area contributed by atoms with Gasteiger partial charge in [-0.3, -0.25) is 0 Å². The molecule has 0 aromatic carbocycles. The predicted octanol–water partition coefficient (Wildman–Crippen LogP) is 4.08. The van der Waals surface area contributed by atoms with E-state index in [9.17, 15) is 0 Å². The molecule has 6 nitrogen and oxygen atoms in total. The molecule has 0 amide bonds. The van der Waals surface area contributed by atoms with Crippen LogP contribution >= 0.6 is 11.3 Å². The number of nitrogens with one attached hydrogen (secondary N) is 1. The number of furan rings is 1. The number of aliphatic imine (C=N–C) groups is 1. The van der Waals surface area contributed by atoms with Crippen LogP contribution in [0.15, 0.2) is 45.3 Å². The number of piperidine rings is 1. The summed E-state index contributed by atoms with van der Waals surface area (Å²) in [6.45, 7) is 5.09. The second-order valence-corrected chi connectivity index (χ2v) is 9.02. The van der Waals surface area contributed by atoms with Crippen molar-refractivity contribution in [2.24, 2.45) is 4.99 Å². The van der Waals surface area contributed by atoms with Gasteiger partial charge in [-0.05, 0) is 55.7 Å². The van der Waals surface area contributed by atoms with Gasteiger partial charge in [-0.25, -0.2) is 4.99 Å². The van der Waals surface area contributed by atoms with Gasteiger partial charge in [0, 0.05) is 37.5 Å². The monoisotopic (exact) mass is 431 g/mol. The van der Waals surface area contributed by atoms with Crippen LogP contribution in [-0.2, 0) is 22.4 Å². The van der Waals surface area contributed by atoms with Crippen LogP contribution in [0, 0.1) is 0 Å². The van der Waals surface area contributed by atoms with E-state index in [1.807, 2.05) is 12.1 Å². The molecule has 0 spiro atoms. The molecule has 0 bridgehead atoms. The average Bonchev–Trinajstić information content (AvgIpc) is 3.50. The standard InChI is InChI=1S/C23H33N3O3S/c1-2-14-28-21(5-1)18-29-20-9-12-26(13-10-20)23(25-17-22-7-4-16-30-22)24-11-8-19-6-3-15-27-19/h3-4,6-7,15-16,20-21H,1-2,5,8-14,17-18H2,(H,24,25). The van der Waals surface area contributed by atoms with Crippen LogP contribution in [0.25, 0.3) is 0 Å². The Balaban J connectivity index is 1.26. The van der Waals surface area contributed by atoms with Crippen LogP contribution in [-0.4, -0.2) is 55.9 Å². The predicted molar refractivity (Wildman–Crippen MR) is 120 cm³/mol. The van der Waals surface area contributed by atoms with Crippen molar-refractivity contribution in [1.82, 2.24) is 10.2 Å². The minimum Gasteiger partial charge on any atom is -0.469 e. The fourth-order valence-corrected chi connectivity index (χ4v) is 4.62. The molecule has 4 heterocycles. The number of hydrogen-bond acceptors (Lipinski definition) is 5. The van der Waals surface area contributed by atoms with E-state index >= 15 is 0 Å². The highest BCUT2D eigenvalue weighted by Gasteiger charge is 2.24. The van der Waals surface area contributed by atoms with Crippen molar-refractivity contribution in [1.29, 1.82) is 0 Å². The lowest BCUT2D eigenvalue weighted by Gasteiger charge is -2.35. The third kappa shape index (κ3) is 6.59. The summed E-state index contributed by atoms with van der Waals surface area (Å²) in [5.41, 5.74) is 0. The van der Waals surface area contributed by atoms with Crippen LogP contribution in [0.2, 0.25) is 0 Å². The first-order chi connectivity index (χ1) is 14.9. The first kappa shape index (κ1) is 21.4. The zero-order valence-electron chi connectivity index (χ0n) is 17.6. The molecule has 0 saturated carbocycles. The van der Waals surface area contributed by atoms with Gasteiger partial charge in [-0.1, -0.05) is 6.07 Å². The minimum absolute atomic E-state index is 0.294. The van der Waals surface area contributed by atoms with Crippen molar-refractivity contribution in [3.63, 3.8) is 0 Å². The SMILES string of the molecule is c1coc(CCNC(=NCc2cccs2)N2CCC(OCC3CCCCO3)CC2)c1. The van der Waals surface area contributed by atoms with Gasteiger partial charge in [-0.2, -0.15) is 0 Å². The van der Waals surface area contributed by atoms with Crippen LogP contribution in [0.5, 0.6) is 0 Å². The Morgan fingerprint density at radius 2 is 2.13 bits per heavy atom. The summed E-state index contributed by atoms with van der Waals surface area (Å²) in [6.07, 6.45) is 8.86. The molecule has 1 N–H and O–H groups in total. The van der Waals surface area contributed by atoms with E-state index in [4.69, 9.17) is 18.9 Å². The Morgan fingerprint density at radius 1 is 1.20 bits per heavy atom. The van der Waals surface area contributed by atoms with E-state index in [2.05, 4.69) is 27.7 Å². The lowest BCUT2D eigenvalue weighted by molar-refractivity contribution is -0.0721. The Bertz CT molecular complexity index is 734. The molecule has 2 fully saturated rings. The highest BCUT2D eigenvalue weighted by atomic mass is 32.1. The lowest BCUT2D eigenvalue weighted by Crippen LogP contribution is -2.47. The van der Waals surface area contributed by atoms with Gasteiger partial charge in [0.1, 0.15) is 5.76 Å². The van der Waals surface area contributed by atoms with Crippen LogP contribution in [0.3, 0.4) is 0 Å². The van der Waals surface area contributed by atoms with Crippen LogP contribution in [0.4, 0.5) is 0 Å². The average molecular weight is 432 g/mol. The summed E-state index contributed by atoms with van der Waals surface area (Å²) in [7, 11) is 0. The van der Waals surface area contributed by atoms with E-state index in [1.54, 1.807) is 17.6 Å². The molecule has 4 rings (SSSR count). The van der Waals surface area contributed by atoms with Crippen molar-refractivity contribution in [2.75, 3.05) is 32.8 Å². The molecule has 7 heteroatoms. The number of likely N-dealkylation sites (tertiary alicyclic amines) is 1.